The van der Waals surface area contributed by atoms with E-state index in [1.54, 1.807) is 7.11 Å². The van der Waals surface area contributed by atoms with Crippen LogP contribution in [0.2, 0.25) is 0 Å². The van der Waals surface area contributed by atoms with Gasteiger partial charge in [-0.2, -0.15) is 0 Å². The summed E-state index contributed by atoms with van der Waals surface area (Å²) in [6.45, 7) is 1.86. The van der Waals surface area contributed by atoms with Crippen molar-refractivity contribution in [3.05, 3.63) is 11.3 Å². The molecule has 0 aliphatic heterocycles. The van der Waals surface area contributed by atoms with E-state index in [4.69, 9.17) is 4.74 Å². The highest BCUT2D eigenvalue weighted by Gasteiger charge is 2.17. The number of Topliss-reactive ketones (excluding diaryl/α,β-unsaturated/α-hetero) is 1. The molecule has 0 heterocycles. The number of methoxy groups -OCH3 is 1. The Morgan fingerprint density at radius 3 is 2.55 bits per heavy atom. The zero-order valence-corrected chi connectivity index (χ0v) is 7.14. The van der Waals surface area contributed by atoms with E-state index in [1.807, 2.05) is 6.92 Å². The number of hydrogen-bond donors (Lipinski definition) is 0. The summed E-state index contributed by atoms with van der Waals surface area (Å²) in [7, 11) is 1.62. The molecule has 2 nitrogen and oxygen atoms in total. The standard InChI is InChI=1S/C9H14O2/c1-7(11-2)8-5-3-4-6-9(8)10/h3-6H2,1-2H3/b8-7-. The molecule has 1 saturated carbocycles. The van der Waals surface area contributed by atoms with Crippen molar-refractivity contribution >= 4 is 5.78 Å². The van der Waals surface area contributed by atoms with E-state index in [0.717, 1.165) is 30.6 Å². The Morgan fingerprint density at radius 2 is 2.00 bits per heavy atom. The van der Waals surface area contributed by atoms with Gasteiger partial charge in [0.1, 0.15) is 0 Å². The van der Waals surface area contributed by atoms with Crippen LogP contribution in [0.25, 0.3) is 0 Å². The highest BCUT2D eigenvalue weighted by molar-refractivity contribution is 5.96. The van der Waals surface area contributed by atoms with Crippen LogP contribution >= 0.6 is 0 Å². The van der Waals surface area contributed by atoms with Crippen molar-refractivity contribution in [3.63, 3.8) is 0 Å². The quantitative estimate of drug-likeness (QED) is 0.427. The Kier molecular flexibility index (Phi) is 2.69. The number of hydrogen-bond acceptors (Lipinski definition) is 2. The Hall–Kier alpha value is -0.790. The molecule has 0 unspecified atom stereocenters. The van der Waals surface area contributed by atoms with Gasteiger partial charge in [-0.05, 0) is 26.2 Å². The van der Waals surface area contributed by atoms with Crippen LogP contribution in [-0.4, -0.2) is 12.9 Å². The van der Waals surface area contributed by atoms with E-state index in [2.05, 4.69) is 0 Å². The molecule has 0 aromatic rings. The summed E-state index contributed by atoms with van der Waals surface area (Å²) < 4.78 is 5.02. The average molecular weight is 154 g/mol. The SMILES string of the molecule is CO/C(C)=C1/CCCCC1=O. The number of allylic oxidation sites excluding steroid dienone is 2. The van der Waals surface area contributed by atoms with Gasteiger partial charge in [-0.1, -0.05) is 0 Å². The summed E-state index contributed by atoms with van der Waals surface area (Å²) in [6, 6.07) is 0. The van der Waals surface area contributed by atoms with Gasteiger partial charge >= 0.3 is 0 Å². The maximum absolute atomic E-state index is 11.3. The van der Waals surface area contributed by atoms with Gasteiger partial charge in [0.15, 0.2) is 5.78 Å². The number of rotatable bonds is 1. The van der Waals surface area contributed by atoms with Crippen LogP contribution in [0.5, 0.6) is 0 Å². The predicted octanol–water partition coefficient (Wildman–Crippen LogP) is 2.05. The highest BCUT2D eigenvalue weighted by atomic mass is 16.5. The molecule has 1 aliphatic rings. The molecule has 2 heteroatoms. The first-order valence-corrected chi connectivity index (χ1v) is 4.02. The fraction of sp³-hybridized carbons (Fsp3) is 0.667. The van der Waals surface area contributed by atoms with Crippen molar-refractivity contribution < 1.29 is 9.53 Å². The molecule has 0 aromatic heterocycles. The number of ketones is 1. The van der Waals surface area contributed by atoms with Gasteiger partial charge in [-0.3, -0.25) is 4.79 Å². The molecule has 0 saturated heterocycles. The monoisotopic (exact) mass is 154 g/mol. The van der Waals surface area contributed by atoms with Crippen molar-refractivity contribution in [2.45, 2.75) is 32.6 Å². The van der Waals surface area contributed by atoms with Crippen molar-refractivity contribution in [2.75, 3.05) is 7.11 Å². The Bertz CT molecular complexity index is 192. The first kappa shape index (κ1) is 8.31. The Balaban J connectivity index is 2.75. The molecule has 1 rings (SSSR count). The molecule has 0 aromatic carbocycles. The molecule has 11 heavy (non-hydrogen) atoms. The van der Waals surface area contributed by atoms with E-state index in [0.29, 0.717) is 6.42 Å². The molecule has 0 N–H and O–H groups in total. The lowest BCUT2D eigenvalue weighted by Gasteiger charge is -2.14. The van der Waals surface area contributed by atoms with Crippen LogP contribution in [-0.2, 0) is 9.53 Å². The van der Waals surface area contributed by atoms with Gasteiger partial charge in [0.2, 0.25) is 0 Å². The third kappa shape index (κ3) is 1.82. The lowest BCUT2D eigenvalue weighted by molar-refractivity contribution is -0.116. The van der Waals surface area contributed by atoms with E-state index >= 15 is 0 Å². The molecular weight excluding hydrogens is 140 g/mol. The zero-order chi connectivity index (χ0) is 8.27. The Morgan fingerprint density at radius 1 is 1.36 bits per heavy atom. The molecule has 0 bridgehead atoms. The molecule has 1 fully saturated rings. The number of carbonyl (C=O) groups is 1. The maximum Gasteiger partial charge on any atom is 0.162 e. The predicted molar refractivity (Wildman–Crippen MR) is 43.2 cm³/mol. The summed E-state index contributed by atoms with van der Waals surface area (Å²) in [6.07, 6.45) is 3.77. The van der Waals surface area contributed by atoms with Crippen molar-refractivity contribution in [3.8, 4) is 0 Å². The van der Waals surface area contributed by atoms with Crippen LogP contribution < -0.4 is 0 Å². The van der Waals surface area contributed by atoms with Crippen molar-refractivity contribution in [1.29, 1.82) is 0 Å². The normalized spacial score (nSPS) is 23.3. The van der Waals surface area contributed by atoms with E-state index in [-0.39, 0.29) is 5.78 Å². The fourth-order valence-electron chi connectivity index (χ4n) is 1.37. The van der Waals surface area contributed by atoms with Crippen LogP contribution in [0.4, 0.5) is 0 Å². The van der Waals surface area contributed by atoms with Crippen molar-refractivity contribution in [2.24, 2.45) is 0 Å². The summed E-state index contributed by atoms with van der Waals surface area (Å²) in [4.78, 5) is 11.3. The lowest BCUT2D eigenvalue weighted by Crippen LogP contribution is -2.10. The van der Waals surface area contributed by atoms with Crippen LogP contribution in [0.15, 0.2) is 11.3 Å². The summed E-state index contributed by atoms with van der Waals surface area (Å²) >= 11 is 0. The van der Waals surface area contributed by atoms with Gasteiger partial charge in [0.05, 0.1) is 12.9 Å². The fourth-order valence-corrected chi connectivity index (χ4v) is 1.37. The average Bonchev–Trinajstić information content (AvgIpc) is 2.04. The topological polar surface area (TPSA) is 26.3 Å². The molecule has 0 atom stereocenters. The van der Waals surface area contributed by atoms with Gasteiger partial charge < -0.3 is 4.74 Å². The van der Waals surface area contributed by atoms with Crippen LogP contribution in [0.3, 0.4) is 0 Å². The lowest BCUT2D eigenvalue weighted by atomic mass is 9.93. The van der Waals surface area contributed by atoms with Crippen LogP contribution in [0, 0.1) is 0 Å². The van der Waals surface area contributed by atoms with E-state index in [9.17, 15) is 4.79 Å². The van der Waals surface area contributed by atoms with Gasteiger partial charge in [-0.25, -0.2) is 0 Å². The number of carbonyl (C=O) groups excluding carboxylic acids is 1. The second-order valence-electron chi connectivity index (χ2n) is 2.87. The largest absolute Gasteiger partial charge is 0.501 e. The van der Waals surface area contributed by atoms with Crippen molar-refractivity contribution in [1.82, 2.24) is 0 Å². The summed E-state index contributed by atoms with van der Waals surface area (Å²) in [5, 5.41) is 0. The maximum atomic E-state index is 11.3. The zero-order valence-electron chi connectivity index (χ0n) is 7.14. The minimum atomic E-state index is 0.274. The third-order valence-electron chi connectivity index (χ3n) is 2.15. The molecule has 1 aliphatic carbocycles. The Labute approximate surface area is 67.2 Å². The number of ether oxygens (including phenoxy) is 1. The van der Waals surface area contributed by atoms with Crippen LogP contribution in [0.1, 0.15) is 32.6 Å². The highest BCUT2D eigenvalue weighted by Crippen LogP contribution is 2.22. The molecular formula is C9H14O2. The first-order chi connectivity index (χ1) is 5.25. The first-order valence-electron chi connectivity index (χ1n) is 4.02. The molecule has 62 valence electrons. The second kappa shape index (κ2) is 3.56. The molecule has 0 spiro atoms. The second-order valence-corrected chi connectivity index (χ2v) is 2.87. The summed E-state index contributed by atoms with van der Waals surface area (Å²) in [5.74, 6) is 1.07. The molecule has 0 radical (unpaired) electrons. The van der Waals surface area contributed by atoms with Gasteiger partial charge in [0, 0.05) is 12.0 Å². The minimum absolute atomic E-state index is 0.274. The summed E-state index contributed by atoms with van der Waals surface area (Å²) in [5.41, 5.74) is 0.902. The third-order valence-corrected chi connectivity index (χ3v) is 2.15. The van der Waals surface area contributed by atoms with Gasteiger partial charge in [-0.15, -0.1) is 0 Å². The van der Waals surface area contributed by atoms with E-state index in [1.165, 1.54) is 0 Å². The smallest absolute Gasteiger partial charge is 0.162 e. The van der Waals surface area contributed by atoms with E-state index < -0.39 is 0 Å². The molecule has 0 amide bonds. The van der Waals surface area contributed by atoms with Gasteiger partial charge in [0.25, 0.3) is 0 Å². The minimum Gasteiger partial charge on any atom is -0.501 e.